The van der Waals surface area contributed by atoms with Crippen molar-refractivity contribution < 1.29 is 32.4 Å². The molecule has 0 amide bonds. The Morgan fingerprint density at radius 2 is 1.00 bits per heavy atom. The molecule has 1 radical (unpaired) electrons. The Morgan fingerprint density at radius 3 is 1.18 bits per heavy atom. The van der Waals surface area contributed by atoms with Crippen LogP contribution in [0.1, 0.15) is 0 Å². The fourth-order valence-corrected chi connectivity index (χ4v) is 0.760. The number of rotatable bonds is 6. The van der Waals surface area contributed by atoms with Crippen LogP contribution in [0.15, 0.2) is 0 Å². The molecule has 0 aliphatic heterocycles. The van der Waals surface area contributed by atoms with E-state index in [-0.39, 0.29) is 36.9 Å². The van der Waals surface area contributed by atoms with Gasteiger partial charge in [-0.25, -0.2) is 0 Å². The molecule has 0 unspecified atom stereocenters. The van der Waals surface area contributed by atoms with Crippen LogP contribution in [-0.2, 0) is 17.1 Å². The number of hydrogen-bond acceptors (Lipinski definition) is 4. The minimum absolute atomic E-state index is 0. The van der Waals surface area contributed by atoms with Crippen LogP contribution in [0.2, 0.25) is 0 Å². The van der Waals surface area contributed by atoms with Gasteiger partial charge in [-0.2, -0.15) is 0 Å². The molecule has 0 aromatic rings. The van der Waals surface area contributed by atoms with Crippen molar-refractivity contribution >= 4 is 0 Å². The van der Waals surface area contributed by atoms with Gasteiger partial charge in [-0.3, -0.25) is 4.90 Å². The second-order valence-electron chi connectivity index (χ2n) is 2.01. The average molecular weight is 204 g/mol. The maximum absolute atomic E-state index is 8.48. The van der Waals surface area contributed by atoms with Crippen molar-refractivity contribution in [1.82, 2.24) is 4.90 Å². The summed E-state index contributed by atoms with van der Waals surface area (Å²) in [5.41, 5.74) is 0. The molecule has 0 rings (SSSR count). The minimum atomic E-state index is 0. The van der Waals surface area contributed by atoms with Crippen molar-refractivity contribution in [3.05, 3.63) is 0 Å². The zero-order valence-corrected chi connectivity index (χ0v) is 7.59. The SMILES string of the molecule is OCCN(CCO)CCO.[Mn]. The van der Waals surface area contributed by atoms with E-state index >= 15 is 0 Å². The fraction of sp³-hybridized carbons (Fsp3) is 1.00. The molecule has 0 spiro atoms. The predicted molar refractivity (Wildman–Crippen MR) is 37.7 cm³/mol. The summed E-state index contributed by atoms with van der Waals surface area (Å²) in [5.74, 6) is 0. The normalized spacial score (nSPS) is 9.82. The van der Waals surface area contributed by atoms with Crippen LogP contribution < -0.4 is 0 Å². The van der Waals surface area contributed by atoms with Crippen LogP contribution in [0.4, 0.5) is 0 Å². The van der Waals surface area contributed by atoms with Gasteiger partial charge in [-0.05, 0) is 0 Å². The van der Waals surface area contributed by atoms with Crippen LogP contribution in [0.25, 0.3) is 0 Å². The number of nitrogens with zero attached hydrogens (tertiary/aromatic N) is 1. The molecule has 4 nitrogen and oxygen atoms in total. The molecular formula is C6H15MnNO3. The van der Waals surface area contributed by atoms with Gasteiger partial charge in [0, 0.05) is 36.7 Å². The van der Waals surface area contributed by atoms with Crippen LogP contribution in [0, 0.1) is 0 Å². The molecule has 0 atom stereocenters. The van der Waals surface area contributed by atoms with Gasteiger partial charge in [0.05, 0.1) is 19.8 Å². The number of aliphatic hydroxyl groups excluding tert-OH is 3. The van der Waals surface area contributed by atoms with Crippen LogP contribution in [-0.4, -0.2) is 59.7 Å². The average Bonchev–Trinajstić information content (AvgIpc) is 1.90. The Kier molecular flexibility index (Phi) is 13.1. The Bertz CT molecular complexity index is 60.6. The van der Waals surface area contributed by atoms with Crippen LogP contribution >= 0.6 is 0 Å². The van der Waals surface area contributed by atoms with Crippen molar-refractivity contribution in [2.24, 2.45) is 0 Å². The zero-order valence-electron chi connectivity index (χ0n) is 6.41. The van der Waals surface area contributed by atoms with Gasteiger partial charge in [0.2, 0.25) is 0 Å². The largest absolute Gasteiger partial charge is 0.395 e. The molecule has 5 heteroatoms. The summed E-state index contributed by atoms with van der Waals surface area (Å²) in [6, 6.07) is 0. The van der Waals surface area contributed by atoms with Gasteiger partial charge < -0.3 is 15.3 Å². The minimum Gasteiger partial charge on any atom is -0.395 e. The first-order valence-electron chi connectivity index (χ1n) is 3.40. The van der Waals surface area contributed by atoms with E-state index in [0.29, 0.717) is 19.6 Å². The molecule has 11 heavy (non-hydrogen) atoms. The smallest absolute Gasteiger partial charge is 0.0558 e. The first-order valence-corrected chi connectivity index (χ1v) is 3.40. The summed E-state index contributed by atoms with van der Waals surface area (Å²) in [6.07, 6.45) is 0. The van der Waals surface area contributed by atoms with Crippen LogP contribution in [0.3, 0.4) is 0 Å². The van der Waals surface area contributed by atoms with Gasteiger partial charge in [0.25, 0.3) is 0 Å². The molecule has 0 heterocycles. The quantitative estimate of drug-likeness (QED) is 0.449. The second-order valence-corrected chi connectivity index (χ2v) is 2.01. The third-order valence-corrected chi connectivity index (χ3v) is 1.25. The van der Waals surface area contributed by atoms with E-state index in [1.807, 2.05) is 0 Å². The van der Waals surface area contributed by atoms with Crippen molar-refractivity contribution in [2.75, 3.05) is 39.5 Å². The molecule has 0 aromatic carbocycles. The van der Waals surface area contributed by atoms with Gasteiger partial charge in [0.15, 0.2) is 0 Å². The molecular weight excluding hydrogens is 189 g/mol. The van der Waals surface area contributed by atoms with E-state index in [2.05, 4.69) is 0 Å². The maximum atomic E-state index is 8.48. The molecule has 0 aliphatic carbocycles. The number of aliphatic hydroxyl groups is 3. The Balaban J connectivity index is 0. The standard InChI is InChI=1S/C6H15NO3.Mn/c8-4-1-7(2-5-9)3-6-10;/h8-10H,1-6H2;. The van der Waals surface area contributed by atoms with Gasteiger partial charge in [-0.1, -0.05) is 0 Å². The van der Waals surface area contributed by atoms with Crippen LogP contribution in [0.5, 0.6) is 0 Å². The van der Waals surface area contributed by atoms with E-state index in [1.54, 1.807) is 4.90 Å². The number of hydrogen-bond donors (Lipinski definition) is 3. The van der Waals surface area contributed by atoms with Gasteiger partial charge >= 0.3 is 0 Å². The van der Waals surface area contributed by atoms with E-state index in [1.165, 1.54) is 0 Å². The maximum Gasteiger partial charge on any atom is 0.0558 e. The monoisotopic (exact) mass is 204 g/mol. The first-order chi connectivity index (χ1) is 4.85. The summed E-state index contributed by atoms with van der Waals surface area (Å²) in [4.78, 5) is 1.79. The third kappa shape index (κ3) is 8.26. The predicted octanol–water partition coefficient (Wildman–Crippen LogP) is -1.74. The van der Waals surface area contributed by atoms with Gasteiger partial charge in [-0.15, -0.1) is 0 Å². The van der Waals surface area contributed by atoms with Gasteiger partial charge in [0.1, 0.15) is 0 Å². The van der Waals surface area contributed by atoms with Crippen molar-refractivity contribution in [2.45, 2.75) is 0 Å². The molecule has 0 bridgehead atoms. The Morgan fingerprint density at radius 1 is 0.727 bits per heavy atom. The van der Waals surface area contributed by atoms with Crippen molar-refractivity contribution in [1.29, 1.82) is 0 Å². The Labute approximate surface area is 77.3 Å². The zero-order chi connectivity index (χ0) is 7.82. The molecule has 0 aliphatic rings. The molecule has 3 N–H and O–H groups in total. The molecule has 0 fully saturated rings. The molecule has 0 saturated carbocycles. The summed E-state index contributed by atoms with van der Waals surface area (Å²) in [5, 5.41) is 25.5. The summed E-state index contributed by atoms with van der Waals surface area (Å²) >= 11 is 0. The Hall–Kier alpha value is 0.359. The van der Waals surface area contributed by atoms with E-state index in [0.717, 1.165) is 0 Å². The topological polar surface area (TPSA) is 63.9 Å². The van der Waals surface area contributed by atoms with Crippen molar-refractivity contribution in [3.63, 3.8) is 0 Å². The molecule has 69 valence electrons. The van der Waals surface area contributed by atoms with Crippen molar-refractivity contribution in [3.8, 4) is 0 Å². The third-order valence-electron chi connectivity index (χ3n) is 1.25. The summed E-state index contributed by atoms with van der Waals surface area (Å²) in [7, 11) is 0. The van der Waals surface area contributed by atoms with E-state index < -0.39 is 0 Å². The second kappa shape index (κ2) is 10.4. The summed E-state index contributed by atoms with van der Waals surface area (Å²) in [6.45, 7) is 1.75. The fourth-order valence-electron chi connectivity index (χ4n) is 0.760. The molecule has 0 aromatic heterocycles. The molecule has 0 saturated heterocycles. The van der Waals surface area contributed by atoms with E-state index in [4.69, 9.17) is 15.3 Å². The first kappa shape index (κ1) is 13.9. The summed E-state index contributed by atoms with van der Waals surface area (Å²) < 4.78 is 0. The van der Waals surface area contributed by atoms with E-state index in [9.17, 15) is 0 Å².